The van der Waals surface area contributed by atoms with E-state index < -0.39 is 16.2 Å². The topological polar surface area (TPSA) is 63.6 Å². The minimum atomic E-state index is -3.90. The number of rotatable bonds is 5. The molecule has 2 aromatic carbocycles. The third-order valence-electron chi connectivity index (χ3n) is 2.98. The van der Waals surface area contributed by atoms with Crippen LogP contribution in [0.2, 0.25) is 5.02 Å². The third-order valence-corrected chi connectivity index (χ3v) is 4.66. The minimum Gasteiger partial charge on any atom is -0.386 e. The highest BCUT2D eigenvalue weighted by molar-refractivity contribution is 7.86. The summed E-state index contributed by atoms with van der Waals surface area (Å²) in [5.74, 6) is 0. The van der Waals surface area contributed by atoms with Crippen LogP contribution in [0.5, 0.6) is 0 Å². The first kappa shape index (κ1) is 16.0. The van der Waals surface area contributed by atoms with Gasteiger partial charge in [-0.3, -0.25) is 4.18 Å². The zero-order chi connectivity index (χ0) is 15.5. The summed E-state index contributed by atoms with van der Waals surface area (Å²) in [7, 11) is -3.90. The predicted molar refractivity (Wildman–Crippen MR) is 80.7 cm³/mol. The average molecular weight is 327 g/mol. The summed E-state index contributed by atoms with van der Waals surface area (Å²) < 4.78 is 29.1. The second-order valence-electron chi connectivity index (χ2n) is 4.57. The van der Waals surface area contributed by atoms with Gasteiger partial charge in [0.2, 0.25) is 0 Å². The molecule has 0 fully saturated rings. The van der Waals surface area contributed by atoms with E-state index in [1.54, 1.807) is 49.4 Å². The number of hydrogen-bond donors (Lipinski definition) is 1. The number of aliphatic hydroxyl groups excluding tert-OH is 1. The fraction of sp³-hybridized carbons (Fsp3) is 0.200. The van der Waals surface area contributed by atoms with E-state index in [0.717, 1.165) is 0 Å². The van der Waals surface area contributed by atoms with Crippen molar-refractivity contribution in [2.24, 2.45) is 0 Å². The molecular formula is C15H15ClO4S. The van der Waals surface area contributed by atoms with Gasteiger partial charge in [-0.2, -0.15) is 8.42 Å². The normalized spacial score (nSPS) is 13.1. The maximum atomic E-state index is 12.1. The largest absolute Gasteiger partial charge is 0.386 e. The summed E-state index contributed by atoms with van der Waals surface area (Å²) in [4.78, 5) is 0.100. The van der Waals surface area contributed by atoms with Crippen LogP contribution in [0, 0.1) is 6.92 Å². The standard InChI is InChI=1S/C15H15ClO4S/c1-11-5-2-3-8-15(11)21(18,19)20-10-14(17)12-6-4-7-13(16)9-12/h2-9,14,17H,10H2,1H3/t14-/m1/s1. The second-order valence-corrected chi connectivity index (χ2v) is 6.60. The molecule has 2 rings (SSSR count). The first-order valence-electron chi connectivity index (χ1n) is 6.29. The summed E-state index contributed by atoms with van der Waals surface area (Å²) in [5, 5.41) is 10.4. The number of aryl methyl sites for hydroxylation is 1. The maximum absolute atomic E-state index is 12.1. The molecule has 1 N–H and O–H groups in total. The summed E-state index contributed by atoms with van der Waals surface area (Å²) >= 11 is 5.83. The fourth-order valence-electron chi connectivity index (χ4n) is 1.86. The number of benzene rings is 2. The van der Waals surface area contributed by atoms with Crippen LogP contribution in [0.1, 0.15) is 17.2 Å². The Morgan fingerprint density at radius 1 is 1.19 bits per heavy atom. The van der Waals surface area contributed by atoms with Crippen molar-refractivity contribution in [3.8, 4) is 0 Å². The Kier molecular flexibility index (Phi) is 5.00. The van der Waals surface area contributed by atoms with Gasteiger partial charge in [0.15, 0.2) is 0 Å². The Labute approximate surface area is 129 Å². The average Bonchev–Trinajstić information content (AvgIpc) is 2.45. The molecule has 0 saturated heterocycles. The number of hydrogen-bond acceptors (Lipinski definition) is 4. The van der Waals surface area contributed by atoms with Crippen molar-refractivity contribution in [1.29, 1.82) is 0 Å². The molecule has 0 heterocycles. The van der Waals surface area contributed by atoms with Gasteiger partial charge in [-0.25, -0.2) is 0 Å². The van der Waals surface area contributed by atoms with E-state index in [1.165, 1.54) is 6.07 Å². The van der Waals surface area contributed by atoms with E-state index in [0.29, 0.717) is 16.1 Å². The predicted octanol–water partition coefficient (Wildman–Crippen LogP) is 3.09. The molecule has 0 unspecified atom stereocenters. The van der Waals surface area contributed by atoms with Crippen molar-refractivity contribution < 1.29 is 17.7 Å². The molecule has 112 valence electrons. The molecule has 21 heavy (non-hydrogen) atoms. The summed E-state index contributed by atoms with van der Waals surface area (Å²) in [6, 6.07) is 13.1. The lowest BCUT2D eigenvalue weighted by Gasteiger charge is -2.13. The van der Waals surface area contributed by atoms with E-state index >= 15 is 0 Å². The summed E-state index contributed by atoms with van der Waals surface area (Å²) in [6.45, 7) is 1.32. The Morgan fingerprint density at radius 3 is 2.57 bits per heavy atom. The van der Waals surface area contributed by atoms with Crippen molar-refractivity contribution in [2.45, 2.75) is 17.9 Å². The van der Waals surface area contributed by atoms with Crippen LogP contribution >= 0.6 is 11.6 Å². The number of aliphatic hydroxyl groups is 1. The van der Waals surface area contributed by atoms with E-state index in [-0.39, 0.29) is 11.5 Å². The molecule has 0 saturated carbocycles. The van der Waals surface area contributed by atoms with Crippen LogP contribution in [-0.2, 0) is 14.3 Å². The monoisotopic (exact) mass is 326 g/mol. The summed E-state index contributed by atoms with van der Waals surface area (Å²) in [6.07, 6.45) is -1.07. The second kappa shape index (κ2) is 6.58. The zero-order valence-corrected chi connectivity index (χ0v) is 12.9. The van der Waals surface area contributed by atoms with Crippen LogP contribution in [0.4, 0.5) is 0 Å². The highest BCUT2D eigenvalue weighted by Gasteiger charge is 2.20. The van der Waals surface area contributed by atoms with Crippen LogP contribution in [-0.4, -0.2) is 20.1 Å². The lowest BCUT2D eigenvalue weighted by atomic mass is 10.1. The Balaban J connectivity index is 2.10. The molecule has 1 atom stereocenters. The van der Waals surface area contributed by atoms with Crippen LogP contribution in [0.15, 0.2) is 53.4 Å². The van der Waals surface area contributed by atoms with Gasteiger partial charge in [-0.15, -0.1) is 0 Å². The van der Waals surface area contributed by atoms with Gasteiger partial charge in [-0.05, 0) is 36.2 Å². The first-order chi connectivity index (χ1) is 9.90. The van der Waals surface area contributed by atoms with Gasteiger partial charge in [0, 0.05) is 5.02 Å². The molecule has 0 bridgehead atoms. The van der Waals surface area contributed by atoms with Crippen molar-refractivity contribution in [2.75, 3.05) is 6.61 Å². The molecule has 2 aromatic rings. The minimum absolute atomic E-state index is 0.100. The molecule has 0 aliphatic rings. The smallest absolute Gasteiger partial charge is 0.297 e. The van der Waals surface area contributed by atoms with Gasteiger partial charge in [0.1, 0.15) is 6.10 Å². The lowest BCUT2D eigenvalue weighted by molar-refractivity contribution is 0.111. The van der Waals surface area contributed by atoms with Gasteiger partial charge in [-0.1, -0.05) is 41.9 Å². The van der Waals surface area contributed by atoms with E-state index in [4.69, 9.17) is 15.8 Å². The Hall–Kier alpha value is -1.40. The van der Waals surface area contributed by atoms with Gasteiger partial charge in [0.25, 0.3) is 10.1 Å². The van der Waals surface area contributed by atoms with Crippen molar-refractivity contribution in [3.05, 3.63) is 64.7 Å². The Morgan fingerprint density at radius 2 is 1.90 bits per heavy atom. The van der Waals surface area contributed by atoms with E-state index in [9.17, 15) is 13.5 Å². The third kappa shape index (κ3) is 4.04. The highest BCUT2D eigenvalue weighted by atomic mass is 35.5. The van der Waals surface area contributed by atoms with Crippen LogP contribution in [0.3, 0.4) is 0 Å². The molecular weight excluding hydrogens is 312 g/mol. The van der Waals surface area contributed by atoms with E-state index in [2.05, 4.69) is 0 Å². The van der Waals surface area contributed by atoms with Gasteiger partial charge >= 0.3 is 0 Å². The molecule has 0 spiro atoms. The zero-order valence-electron chi connectivity index (χ0n) is 11.4. The van der Waals surface area contributed by atoms with Crippen LogP contribution < -0.4 is 0 Å². The molecule has 0 radical (unpaired) electrons. The fourth-order valence-corrected chi connectivity index (χ4v) is 3.21. The van der Waals surface area contributed by atoms with E-state index in [1.807, 2.05) is 0 Å². The van der Waals surface area contributed by atoms with Gasteiger partial charge < -0.3 is 5.11 Å². The first-order valence-corrected chi connectivity index (χ1v) is 8.07. The molecule has 0 aliphatic heterocycles. The summed E-state index contributed by atoms with van der Waals surface area (Å²) in [5.41, 5.74) is 1.09. The quantitative estimate of drug-likeness (QED) is 0.858. The SMILES string of the molecule is Cc1ccccc1S(=O)(=O)OC[C@@H](O)c1cccc(Cl)c1. The Bertz CT molecular complexity index is 728. The highest BCUT2D eigenvalue weighted by Crippen LogP contribution is 2.21. The van der Waals surface area contributed by atoms with Crippen molar-refractivity contribution in [1.82, 2.24) is 0 Å². The molecule has 0 amide bonds. The lowest BCUT2D eigenvalue weighted by Crippen LogP contribution is -2.14. The van der Waals surface area contributed by atoms with Crippen molar-refractivity contribution in [3.63, 3.8) is 0 Å². The molecule has 0 aromatic heterocycles. The van der Waals surface area contributed by atoms with Crippen molar-refractivity contribution >= 4 is 21.7 Å². The maximum Gasteiger partial charge on any atom is 0.297 e. The van der Waals surface area contributed by atoms with Gasteiger partial charge in [0.05, 0.1) is 11.5 Å². The number of halogens is 1. The molecule has 4 nitrogen and oxygen atoms in total. The van der Waals surface area contributed by atoms with Crippen LogP contribution in [0.25, 0.3) is 0 Å². The molecule has 0 aliphatic carbocycles. The molecule has 6 heteroatoms.